The predicted octanol–water partition coefficient (Wildman–Crippen LogP) is 4.26. The maximum Gasteiger partial charge on any atom is 0.252 e. The molecule has 0 fully saturated rings. The summed E-state index contributed by atoms with van der Waals surface area (Å²) in [5, 5.41) is 0.00112. The molecule has 0 radical (unpaired) electrons. The Morgan fingerprint density at radius 1 is 0.947 bits per heavy atom. The highest BCUT2D eigenvalue weighted by Crippen LogP contribution is 2.20. The van der Waals surface area contributed by atoms with Crippen molar-refractivity contribution < 1.29 is 9.59 Å². The summed E-state index contributed by atoms with van der Waals surface area (Å²) in [6.07, 6.45) is 0. The minimum Gasteiger partial charge on any atom is -0.289 e. The standard InChI is InChI=1S/C15H10Cl2O2/c1-9-12(3-2-4-13(9)15(17)19)14(18)10-5-7-11(16)8-6-10/h2-8H,1H3. The minimum atomic E-state index is -0.566. The van der Waals surface area contributed by atoms with Crippen LogP contribution in [0, 0.1) is 6.92 Å². The second kappa shape index (κ2) is 5.55. The minimum absolute atomic E-state index is 0.158. The van der Waals surface area contributed by atoms with Gasteiger partial charge in [-0.1, -0.05) is 23.7 Å². The Morgan fingerprint density at radius 3 is 2.11 bits per heavy atom. The molecule has 0 unspecified atom stereocenters. The van der Waals surface area contributed by atoms with E-state index in [9.17, 15) is 9.59 Å². The molecule has 0 heterocycles. The van der Waals surface area contributed by atoms with Crippen molar-refractivity contribution in [2.75, 3.05) is 0 Å². The van der Waals surface area contributed by atoms with Crippen LogP contribution in [0.1, 0.15) is 31.8 Å². The molecule has 0 aliphatic heterocycles. The number of hydrogen-bond acceptors (Lipinski definition) is 2. The molecule has 0 aromatic heterocycles. The first-order chi connectivity index (χ1) is 9.00. The largest absolute Gasteiger partial charge is 0.289 e. The molecule has 0 spiro atoms. The molecule has 0 atom stereocenters. The first-order valence-electron chi connectivity index (χ1n) is 5.60. The van der Waals surface area contributed by atoms with Gasteiger partial charge in [-0.05, 0) is 54.4 Å². The number of halogens is 2. The maximum absolute atomic E-state index is 12.4. The van der Waals surface area contributed by atoms with E-state index < -0.39 is 5.24 Å². The summed E-state index contributed by atoms with van der Waals surface area (Å²) < 4.78 is 0. The van der Waals surface area contributed by atoms with E-state index >= 15 is 0 Å². The molecule has 0 amide bonds. The van der Waals surface area contributed by atoms with Gasteiger partial charge in [-0.25, -0.2) is 0 Å². The van der Waals surface area contributed by atoms with Crippen molar-refractivity contribution in [2.24, 2.45) is 0 Å². The normalized spacial score (nSPS) is 10.3. The van der Waals surface area contributed by atoms with E-state index in [1.165, 1.54) is 0 Å². The van der Waals surface area contributed by atoms with Gasteiger partial charge in [0.15, 0.2) is 5.78 Å². The van der Waals surface area contributed by atoms with Crippen molar-refractivity contribution in [3.63, 3.8) is 0 Å². The average molecular weight is 293 g/mol. The van der Waals surface area contributed by atoms with Crippen LogP contribution >= 0.6 is 23.2 Å². The van der Waals surface area contributed by atoms with Crippen molar-refractivity contribution in [3.8, 4) is 0 Å². The molecule has 0 bridgehead atoms. The second-order valence-electron chi connectivity index (χ2n) is 4.09. The molecular weight excluding hydrogens is 283 g/mol. The van der Waals surface area contributed by atoms with Gasteiger partial charge < -0.3 is 0 Å². The van der Waals surface area contributed by atoms with Crippen LogP contribution in [-0.2, 0) is 0 Å². The van der Waals surface area contributed by atoms with Crippen LogP contribution in [-0.4, -0.2) is 11.0 Å². The fourth-order valence-corrected chi connectivity index (χ4v) is 2.18. The van der Waals surface area contributed by atoms with Gasteiger partial charge in [0.05, 0.1) is 0 Å². The summed E-state index contributed by atoms with van der Waals surface area (Å²) in [4.78, 5) is 23.6. The van der Waals surface area contributed by atoms with Crippen LogP contribution < -0.4 is 0 Å². The van der Waals surface area contributed by atoms with E-state index in [-0.39, 0.29) is 5.78 Å². The van der Waals surface area contributed by atoms with Gasteiger partial charge in [0.1, 0.15) is 0 Å². The molecule has 2 nitrogen and oxygen atoms in total. The lowest BCUT2D eigenvalue weighted by molar-refractivity contribution is 0.103. The topological polar surface area (TPSA) is 34.1 Å². The highest BCUT2D eigenvalue weighted by Gasteiger charge is 2.16. The molecular formula is C15H10Cl2O2. The van der Waals surface area contributed by atoms with Crippen LogP contribution in [0.5, 0.6) is 0 Å². The summed E-state index contributed by atoms with van der Waals surface area (Å²) in [6, 6.07) is 11.5. The van der Waals surface area contributed by atoms with Gasteiger partial charge in [-0.15, -0.1) is 0 Å². The molecule has 0 saturated heterocycles. The van der Waals surface area contributed by atoms with Crippen LogP contribution in [0.15, 0.2) is 42.5 Å². The third-order valence-electron chi connectivity index (χ3n) is 2.90. The van der Waals surface area contributed by atoms with E-state index in [1.54, 1.807) is 49.4 Å². The second-order valence-corrected chi connectivity index (χ2v) is 4.87. The van der Waals surface area contributed by atoms with E-state index in [0.717, 1.165) is 0 Å². The summed E-state index contributed by atoms with van der Waals surface area (Å²) in [7, 11) is 0. The lowest BCUT2D eigenvalue weighted by Crippen LogP contribution is -2.06. The van der Waals surface area contributed by atoms with E-state index in [1.807, 2.05) is 0 Å². The Bertz CT molecular complexity index is 646. The summed E-state index contributed by atoms with van der Waals surface area (Å²) in [5.41, 5.74) is 1.92. The average Bonchev–Trinajstić information content (AvgIpc) is 2.38. The molecule has 4 heteroatoms. The van der Waals surface area contributed by atoms with Gasteiger partial charge in [0.25, 0.3) is 5.24 Å². The Balaban J connectivity index is 2.47. The summed E-state index contributed by atoms with van der Waals surface area (Å²) in [6.45, 7) is 1.71. The van der Waals surface area contributed by atoms with E-state index in [4.69, 9.17) is 23.2 Å². The Labute approximate surface area is 121 Å². The Morgan fingerprint density at radius 2 is 1.53 bits per heavy atom. The molecule has 0 aliphatic rings. The number of rotatable bonds is 3. The highest BCUT2D eigenvalue weighted by molar-refractivity contribution is 6.68. The van der Waals surface area contributed by atoms with Crippen LogP contribution in [0.2, 0.25) is 5.02 Å². The lowest BCUT2D eigenvalue weighted by atomic mass is 9.96. The number of carbonyl (C=O) groups excluding carboxylic acids is 2. The quantitative estimate of drug-likeness (QED) is 0.626. The zero-order chi connectivity index (χ0) is 14.0. The van der Waals surface area contributed by atoms with Gasteiger partial charge in [-0.2, -0.15) is 0 Å². The van der Waals surface area contributed by atoms with Crippen LogP contribution in [0.25, 0.3) is 0 Å². The smallest absolute Gasteiger partial charge is 0.252 e. The van der Waals surface area contributed by atoms with Crippen molar-refractivity contribution >= 4 is 34.2 Å². The summed E-state index contributed by atoms with van der Waals surface area (Å²) >= 11 is 11.3. The Kier molecular flexibility index (Phi) is 4.03. The Hall–Kier alpha value is -1.64. The van der Waals surface area contributed by atoms with Crippen molar-refractivity contribution in [3.05, 3.63) is 69.7 Å². The number of hydrogen-bond donors (Lipinski definition) is 0. The van der Waals surface area contributed by atoms with Crippen molar-refractivity contribution in [1.82, 2.24) is 0 Å². The fraction of sp³-hybridized carbons (Fsp3) is 0.0667. The zero-order valence-corrected chi connectivity index (χ0v) is 11.6. The number of benzene rings is 2. The van der Waals surface area contributed by atoms with Crippen molar-refractivity contribution in [1.29, 1.82) is 0 Å². The zero-order valence-electron chi connectivity index (χ0n) is 10.1. The van der Waals surface area contributed by atoms with Gasteiger partial charge in [-0.3, -0.25) is 9.59 Å². The van der Waals surface area contributed by atoms with Gasteiger partial charge in [0, 0.05) is 21.7 Å². The van der Waals surface area contributed by atoms with Gasteiger partial charge >= 0.3 is 0 Å². The molecule has 2 aromatic rings. The summed E-state index contributed by atoms with van der Waals surface area (Å²) in [5.74, 6) is -0.158. The first-order valence-corrected chi connectivity index (χ1v) is 6.36. The van der Waals surface area contributed by atoms with Crippen molar-refractivity contribution in [2.45, 2.75) is 6.92 Å². The molecule has 2 aromatic carbocycles. The molecule has 0 aliphatic carbocycles. The molecule has 0 saturated carbocycles. The van der Waals surface area contributed by atoms with Crippen LogP contribution in [0.4, 0.5) is 0 Å². The van der Waals surface area contributed by atoms with E-state index in [0.29, 0.717) is 27.3 Å². The molecule has 2 rings (SSSR count). The number of carbonyl (C=O) groups is 2. The predicted molar refractivity (Wildman–Crippen MR) is 76.2 cm³/mol. The lowest BCUT2D eigenvalue weighted by Gasteiger charge is -2.08. The third-order valence-corrected chi connectivity index (χ3v) is 3.35. The first kappa shape index (κ1) is 13.8. The maximum atomic E-state index is 12.4. The molecule has 19 heavy (non-hydrogen) atoms. The SMILES string of the molecule is Cc1c(C(=O)Cl)cccc1C(=O)c1ccc(Cl)cc1. The molecule has 0 N–H and O–H groups in total. The monoisotopic (exact) mass is 292 g/mol. The molecule has 96 valence electrons. The van der Waals surface area contributed by atoms with Gasteiger partial charge in [0.2, 0.25) is 0 Å². The third kappa shape index (κ3) is 2.86. The fourth-order valence-electron chi connectivity index (χ4n) is 1.85. The van der Waals surface area contributed by atoms with E-state index in [2.05, 4.69) is 0 Å². The van der Waals surface area contributed by atoms with Crippen LogP contribution in [0.3, 0.4) is 0 Å². The highest BCUT2D eigenvalue weighted by atomic mass is 35.5. The number of ketones is 1.